The number of barbiturate groups is 1. The highest BCUT2D eigenvalue weighted by Gasteiger charge is 2.40. The molecule has 0 spiro atoms. The van der Waals surface area contributed by atoms with Crippen molar-refractivity contribution >= 4 is 45.7 Å². The maximum Gasteiger partial charge on any atom is 0.335 e. The maximum absolute atomic E-state index is 12.4. The predicted molar refractivity (Wildman–Crippen MR) is 83.7 cm³/mol. The first-order chi connectivity index (χ1) is 10.5. The number of carbonyl (C=O) groups excluding carboxylic acids is 3. The predicted octanol–water partition coefficient (Wildman–Crippen LogP) is 1.10. The number of carbonyl (C=O) groups is 3. The van der Waals surface area contributed by atoms with Crippen LogP contribution >= 0.6 is 15.9 Å². The maximum atomic E-state index is 12.4. The molecule has 2 N–H and O–H groups in total. The van der Waals surface area contributed by atoms with Gasteiger partial charge in [0, 0.05) is 23.8 Å². The van der Waals surface area contributed by atoms with E-state index in [0.717, 1.165) is 9.37 Å². The van der Waals surface area contributed by atoms with Gasteiger partial charge in [-0.3, -0.25) is 19.9 Å². The summed E-state index contributed by atoms with van der Waals surface area (Å²) in [7, 11) is 0. The van der Waals surface area contributed by atoms with Crippen LogP contribution in [-0.4, -0.2) is 42.3 Å². The third-order valence-corrected chi connectivity index (χ3v) is 3.52. The number of hydrogen-bond acceptors (Lipinski definition) is 5. The molecule has 22 heavy (non-hydrogen) atoms. The van der Waals surface area contributed by atoms with Gasteiger partial charge < -0.3 is 5.11 Å². The Labute approximate surface area is 135 Å². The number of nitrogens with one attached hydrogen (secondary N) is 1. The third-order valence-electron chi connectivity index (χ3n) is 2.99. The number of aliphatic hydroxyl groups is 1. The lowest BCUT2D eigenvalue weighted by Gasteiger charge is -2.28. The molecule has 0 radical (unpaired) electrons. The molecule has 1 atom stereocenters. The number of hydrogen-bond donors (Lipinski definition) is 2. The zero-order valence-corrected chi connectivity index (χ0v) is 13.1. The summed E-state index contributed by atoms with van der Waals surface area (Å²) >= 11 is 3.27. The first-order valence-corrected chi connectivity index (χ1v) is 7.39. The fraction of sp³-hybridized carbons (Fsp3) is 0.286. The largest absolute Gasteiger partial charge is 0.396 e. The summed E-state index contributed by atoms with van der Waals surface area (Å²) in [6.07, 6.45) is 1.65. The quantitative estimate of drug-likeness (QED) is 0.462. The number of halogens is 1. The molecule has 0 saturated carbocycles. The Hall–Kier alpha value is -2.06. The molecule has 1 aliphatic rings. The summed E-state index contributed by atoms with van der Waals surface area (Å²) in [5.41, 5.74) is 0.368. The van der Waals surface area contributed by atoms with Crippen LogP contribution in [0.25, 0.3) is 0 Å². The van der Waals surface area contributed by atoms with E-state index >= 15 is 0 Å². The van der Waals surface area contributed by atoms with Crippen molar-refractivity contribution < 1.29 is 19.5 Å². The van der Waals surface area contributed by atoms with Crippen molar-refractivity contribution in [3.05, 3.63) is 28.7 Å². The van der Waals surface area contributed by atoms with Crippen LogP contribution in [0.5, 0.6) is 0 Å². The molecule has 1 aromatic carbocycles. The average Bonchev–Trinajstić information content (AvgIpc) is 2.48. The van der Waals surface area contributed by atoms with E-state index in [2.05, 4.69) is 26.2 Å². The van der Waals surface area contributed by atoms with Gasteiger partial charge in [-0.1, -0.05) is 15.9 Å². The fourth-order valence-electron chi connectivity index (χ4n) is 1.90. The molecule has 1 fully saturated rings. The minimum Gasteiger partial charge on any atom is -0.396 e. The van der Waals surface area contributed by atoms with Crippen LogP contribution in [0.15, 0.2) is 33.7 Å². The molecule has 1 aliphatic heterocycles. The van der Waals surface area contributed by atoms with Crippen LogP contribution in [0.2, 0.25) is 0 Å². The Morgan fingerprint density at radius 3 is 2.59 bits per heavy atom. The number of anilines is 1. The molecule has 2 rings (SSSR count). The molecule has 116 valence electrons. The number of nitrogens with zero attached hydrogens (tertiary/aromatic N) is 2. The average molecular weight is 368 g/mol. The van der Waals surface area contributed by atoms with Crippen molar-refractivity contribution in [3.8, 4) is 0 Å². The van der Waals surface area contributed by atoms with Gasteiger partial charge in [-0.25, -0.2) is 9.69 Å². The summed E-state index contributed by atoms with van der Waals surface area (Å²) in [5, 5.41) is 10.8. The van der Waals surface area contributed by atoms with Gasteiger partial charge in [0.15, 0.2) is 5.92 Å². The Balaban J connectivity index is 2.21. The van der Waals surface area contributed by atoms with Crippen molar-refractivity contribution in [3.63, 3.8) is 0 Å². The summed E-state index contributed by atoms with van der Waals surface area (Å²) in [5.74, 6) is -2.50. The first kappa shape index (κ1) is 16.3. The van der Waals surface area contributed by atoms with E-state index in [1.54, 1.807) is 24.3 Å². The highest BCUT2D eigenvalue weighted by Crippen LogP contribution is 2.22. The molecule has 0 aromatic heterocycles. The Morgan fingerprint density at radius 1 is 1.27 bits per heavy atom. The zero-order valence-electron chi connectivity index (χ0n) is 11.5. The molecule has 4 amide bonds. The van der Waals surface area contributed by atoms with E-state index in [9.17, 15) is 14.4 Å². The molecule has 0 aliphatic carbocycles. The molecule has 7 nitrogen and oxygen atoms in total. The van der Waals surface area contributed by atoms with Crippen LogP contribution in [0.4, 0.5) is 10.5 Å². The molecule has 1 heterocycles. The SMILES string of the molecule is O=C1NC(=O)N(c2ccc(Br)cc2)C(=O)[C@@H]1C=NCCCO. The summed E-state index contributed by atoms with van der Waals surface area (Å²) in [6, 6.07) is 5.79. The highest BCUT2D eigenvalue weighted by atomic mass is 79.9. The van der Waals surface area contributed by atoms with Gasteiger partial charge in [0.05, 0.1) is 5.69 Å². The minimum absolute atomic E-state index is 0.0222. The number of aliphatic imine (C=N–C) groups is 1. The number of imide groups is 2. The lowest BCUT2D eigenvalue weighted by atomic mass is 10.1. The van der Waals surface area contributed by atoms with Gasteiger partial charge in [-0.15, -0.1) is 0 Å². The van der Waals surface area contributed by atoms with Crippen LogP contribution < -0.4 is 10.2 Å². The number of benzene rings is 1. The molecular weight excluding hydrogens is 354 g/mol. The van der Waals surface area contributed by atoms with Crippen molar-refractivity contribution in [1.82, 2.24) is 5.32 Å². The number of urea groups is 1. The molecule has 1 saturated heterocycles. The van der Waals surface area contributed by atoms with Crippen LogP contribution in [0, 0.1) is 5.92 Å². The lowest BCUT2D eigenvalue weighted by Crippen LogP contribution is -2.58. The molecule has 0 unspecified atom stereocenters. The van der Waals surface area contributed by atoms with Gasteiger partial charge in [0.1, 0.15) is 0 Å². The van der Waals surface area contributed by atoms with Gasteiger partial charge in [0.25, 0.3) is 5.91 Å². The second-order valence-electron chi connectivity index (χ2n) is 4.55. The van der Waals surface area contributed by atoms with Crippen LogP contribution in [-0.2, 0) is 9.59 Å². The number of rotatable bonds is 5. The van der Waals surface area contributed by atoms with Crippen molar-refractivity contribution in [1.29, 1.82) is 0 Å². The Morgan fingerprint density at radius 2 is 1.95 bits per heavy atom. The Kier molecular flexibility index (Phi) is 5.40. The fourth-order valence-corrected chi connectivity index (χ4v) is 2.16. The summed E-state index contributed by atoms with van der Waals surface area (Å²) < 4.78 is 0.805. The van der Waals surface area contributed by atoms with E-state index in [1.807, 2.05) is 0 Å². The normalized spacial score (nSPS) is 18.9. The third kappa shape index (κ3) is 3.58. The van der Waals surface area contributed by atoms with E-state index in [4.69, 9.17) is 5.11 Å². The van der Waals surface area contributed by atoms with Crippen molar-refractivity contribution in [2.75, 3.05) is 18.1 Å². The van der Waals surface area contributed by atoms with Crippen molar-refractivity contribution in [2.24, 2.45) is 10.9 Å². The van der Waals surface area contributed by atoms with Gasteiger partial charge in [-0.2, -0.15) is 0 Å². The zero-order chi connectivity index (χ0) is 16.1. The Bertz CT molecular complexity index is 615. The smallest absolute Gasteiger partial charge is 0.335 e. The van der Waals surface area contributed by atoms with Gasteiger partial charge in [-0.05, 0) is 30.7 Å². The second kappa shape index (κ2) is 7.28. The first-order valence-electron chi connectivity index (χ1n) is 6.59. The van der Waals surface area contributed by atoms with Gasteiger partial charge in [0.2, 0.25) is 5.91 Å². The summed E-state index contributed by atoms with van der Waals surface area (Å²) in [6.45, 7) is 0.283. The molecule has 1 aromatic rings. The van der Waals surface area contributed by atoms with Gasteiger partial charge >= 0.3 is 6.03 Å². The van der Waals surface area contributed by atoms with Crippen LogP contribution in [0.1, 0.15) is 6.42 Å². The van der Waals surface area contributed by atoms with E-state index < -0.39 is 23.8 Å². The number of amides is 4. The van der Waals surface area contributed by atoms with Crippen LogP contribution in [0.3, 0.4) is 0 Å². The lowest BCUT2D eigenvalue weighted by molar-refractivity contribution is -0.131. The molecular formula is C14H14BrN3O4. The monoisotopic (exact) mass is 367 g/mol. The van der Waals surface area contributed by atoms with Crippen molar-refractivity contribution in [2.45, 2.75) is 6.42 Å². The number of aliphatic hydroxyl groups excluding tert-OH is 1. The molecule has 8 heteroatoms. The van der Waals surface area contributed by atoms with E-state index in [1.165, 1.54) is 6.21 Å². The minimum atomic E-state index is -1.15. The standard InChI is InChI=1S/C14H14BrN3O4/c15-9-2-4-10(5-3-9)18-13(21)11(8-16-6-1-7-19)12(20)17-14(18)22/h2-5,8,11,19H,1,6-7H2,(H,17,20,22)/t11-/m1/s1. The topological polar surface area (TPSA) is 99.1 Å². The van der Waals surface area contributed by atoms with E-state index in [-0.39, 0.29) is 6.61 Å². The second-order valence-corrected chi connectivity index (χ2v) is 5.47. The highest BCUT2D eigenvalue weighted by molar-refractivity contribution is 9.10. The molecule has 0 bridgehead atoms. The summed E-state index contributed by atoms with van der Waals surface area (Å²) in [4.78, 5) is 40.9. The van der Waals surface area contributed by atoms with E-state index in [0.29, 0.717) is 18.7 Å².